The molecule has 0 saturated carbocycles. The van der Waals surface area contributed by atoms with Crippen LogP contribution in [0.5, 0.6) is 0 Å². The third-order valence-electron chi connectivity index (χ3n) is 4.88. The molecular weight excluding hydrogens is 368 g/mol. The number of aromatic nitrogens is 2. The first kappa shape index (κ1) is 20.1. The molecule has 29 heavy (non-hydrogen) atoms. The molecular formula is C22H24N4O3. The van der Waals surface area contributed by atoms with Gasteiger partial charge in [-0.3, -0.25) is 9.48 Å². The molecule has 0 bridgehead atoms. The molecule has 0 unspecified atom stereocenters. The maximum absolute atomic E-state index is 12.7. The molecule has 0 saturated heterocycles. The molecule has 150 valence electrons. The minimum Gasteiger partial charge on any atom is -0.478 e. The molecule has 7 heteroatoms. The highest BCUT2D eigenvalue weighted by molar-refractivity contribution is 6.03. The topological polar surface area (TPSA) is 101 Å². The highest BCUT2D eigenvalue weighted by Crippen LogP contribution is 2.36. The summed E-state index contributed by atoms with van der Waals surface area (Å²) in [6, 6.07) is 9.46. The Balaban J connectivity index is 0.00000117. The lowest BCUT2D eigenvalue weighted by Crippen LogP contribution is -2.28. The van der Waals surface area contributed by atoms with Gasteiger partial charge in [0.15, 0.2) is 0 Å². The van der Waals surface area contributed by atoms with Crippen LogP contribution in [-0.4, -0.2) is 38.2 Å². The van der Waals surface area contributed by atoms with Crippen molar-refractivity contribution in [2.45, 2.75) is 20.4 Å². The summed E-state index contributed by atoms with van der Waals surface area (Å²) in [6.07, 6.45) is 1.80. The average molecular weight is 392 g/mol. The molecule has 2 heterocycles. The van der Waals surface area contributed by atoms with Gasteiger partial charge in [-0.05, 0) is 34.9 Å². The number of hydrogen-bond acceptors (Lipinski definition) is 4. The number of aryl methyl sites for hydroxylation is 1. The summed E-state index contributed by atoms with van der Waals surface area (Å²) in [5, 5.41) is 14.3. The largest absolute Gasteiger partial charge is 0.478 e. The summed E-state index contributed by atoms with van der Waals surface area (Å²) < 4.78 is 1.79. The first-order chi connectivity index (χ1) is 13.8. The van der Waals surface area contributed by atoms with Crippen molar-refractivity contribution in [1.82, 2.24) is 14.7 Å². The molecule has 1 amide bonds. The number of nitrogens with zero attached hydrogens (tertiary/aromatic N) is 3. The van der Waals surface area contributed by atoms with Crippen LogP contribution in [0.3, 0.4) is 0 Å². The van der Waals surface area contributed by atoms with Crippen molar-refractivity contribution in [2.75, 3.05) is 12.3 Å². The second-order valence-corrected chi connectivity index (χ2v) is 6.71. The number of hydrogen-bond donors (Lipinski definition) is 2. The van der Waals surface area contributed by atoms with Gasteiger partial charge in [0.2, 0.25) is 0 Å². The molecule has 1 aromatic heterocycles. The van der Waals surface area contributed by atoms with E-state index >= 15 is 0 Å². The summed E-state index contributed by atoms with van der Waals surface area (Å²) in [5.41, 5.74) is 10.6. The monoisotopic (exact) mass is 392 g/mol. The molecule has 1 aliphatic rings. The SMILES string of the molecule is C=C(CN1Cc2c(cc(N)cc2-c2ccc3cnn(C)c3c2)C1=O)C(=O)O.CC. The van der Waals surface area contributed by atoms with E-state index in [4.69, 9.17) is 10.8 Å². The van der Waals surface area contributed by atoms with Crippen LogP contribution in [0, 0.1) is 0 Å². The fraction of sp³-hybridized carbons (Fsp3) is 0.227. The van der Waals surface area contributed by atoms with E-state index in [1.54, 1.807) is 16.9 Å². The van der Waals surface area contributed by atoms with Crippen molar-refractivity contribution >= 4 is 28.5 Å². The summed E-state index contributed by atoms with van der Waals surface area (Å²) in [5.74, 6) is -1.34. The molecule has 2 aromatic carbocycles. The number of amides is 1. The van der Waals surface area contributed by atoms with Crippen LogP contribution in [0.4, 0.5) is 5.69 Å². The van der Waals surface area contributed by atoms with E-state index in [1.165, 1.54) is 4.90 Å². The van der Waals surface area contributed by atoms with Gasteiger partial charge in [0.05, 0.1) is 18.3 Å². The van der Waals surface area contributed by atoms with Crippen LogP contribution < -0.4 is 5.73 Å². The minimum atomic E-state index is -1.11. The van der Waals surface area contributed by atoms with Gasteiger partial charge < -0.3 is 15.7 Å². The van der Waals surface area contributed by atoms with Crippen LogP contribution in [0.25, 0.3) is 22.0 Å². The Morgan fingerprint density at radius 2 is 1.93 bits per heavy atom. The van der Waals surface area contributed by atoms with Gasteiger partial charge in [0.1, 0.15) is 0 Å². The van der Waals surface area contributed by atoms with Crippen molar-refractivity contribution in [2.24, 2.45) is 7.05 Å². The molecule has 0 aliphatic carbocycles. The average Bonchev–Trinajstić information content (AvgIpc) is 3.23. The Hall–Kier alpha value is -3.61. The summed E-state index contributed by atoms with van der Waals surface area (Å²) in [4.78, 5) is 25.3. The fourth-order valence-electron chi connectivity index (χ4n) is 3.48. The van der Waals surface area contributed by atoms with Gasteiger partial charge in [-0.15, -0.1) is 0 Å². The Labute approximate surface area is 169 Å². The van der Waals surface area contributed by atoms with E-state index in [1.807, 2.05) is 45.2 Å². The van der Waals surface area contributed by atoms with E-state index in [9.17, 15) is 9.59 Å². The molecule has 7 nitrogen and oxygen atoms in total. The predicted molar refractivity (Wildman–Crippen MR) is 113 cm³/mol. The zero-order valence-electron chi connectivity index (χ0n) is 16.8. The standard InChI is InChI=1S/C20H18N4O3.C2H6/c1-11(20(26)27)9-24-10-17-15(6-14(21)7-16(17)19(24)25)12-3-4-13-8-22-23(2)18(13)5-12;1-2/h3-8H,1,9-10,21H2,2H3,(H,26,27);1-2H3. The van der Waals surface area contributed by atoms with Crippen molar-refractivity contribution in [3.05, 3.63) is 59.8 Å². The highest BCUT2D eigenvalue weighted by Gasteiger charge is 2.31. The maximum atomic E-state index is 12.7. The van der Waals surface area contributed by atoms with Crippen LogP contribution in [0.15, 0.2) is 48.7 Å². The summed E-state index contributed by atoms with van der Waals surface area (Å²) >= 11 is 0. The van der Waals surface area contributed by atoms with Gasteiger partial charge in [-0.1, -0.05) is 32.6 Å². The number of nitrogens with two attached hydrogens (primary N) is 1. The highest BCUT2D eigenvalue weighted by atomic mass is 16.4. The maximum Gasteiger partial charge on any atom is 0.332 e. The molecule has 4 rings (SSSR count). The quantitative estimate of drug-likeness (QED) is 0.523. The Morgan fingerprint density at radius 1 is 1.24 bits per heavy atom. The van der Waals surface area contributed by atoms with Crippen LogP contribution in [0.2, 0.25) is 0 Å². The Kier molecular flexibility index (Phi) is 5.41. The smallest absolute Gasteiger partial charge is 0.332 e. The summed E-state index contributed by atoms with van der Waals surface area (Å²) in [7, 11) is 1.87. The van der Waals surface area contributed by atoms with Crippen LogP contribution >= 0.6 is 0 Å². The molecule has 0 fully saturated rings. The minimum absolute atomic E-state index is 0.0248. The number of benzene rings is 2. The zero-order valence-corrected chi connectivity index (χ0v) is 16.8. The molecule has 3 aromatic rings. The van der Waals surface area contributed by atoms with Gasteiger partial charge in [-0.2, -0.15) is 5.10 Å². The third kappa shape index (κ3) is 3.59. The second-order valence-electron chi connectivity index (χ2n) is 6.71. The molecule has 1 aliphatic heterocycles. The first-order valence-electron chi connectivity index (χ1n) is 9.40. The number of fused-ring (bicyclic) bond motifs is 2. The van der Waals surface area contributed by atoms with Gasteiger partial charge >= 0.3 is 5.97 Å². The van der Waals surface area contributed by atoms with Crippen molar-refractivity contribution in [3.8, 4) is 11.1 Å². The number of carboxylic acids is 1. The molecule has 0 spiro atoms. The van der Waals surface area contributed by atoms with Gasteiger partial charge in [0.25, 0.3) is 5.91 Å². The number of aliphatic carboxylic acids is 1. The number of anilines is 1. The predicted octanol–water partition coefficient (Wildman–Crippen LogP) is 3.45. The first-order valence-corrected chi connectivity index (χ1v) is 9.40. The van der Waals surface area contributed by atoms with E-state index in [0.717, 1.165) is 27.6 Å². The van der Waals surface area contributed by atoms with E-state index in [2.05, 4.69) is 11.7 Å². The summed E-state index contributed by atoms with van der Waals surface area (Å²) in [6.45, 7) is 7.82. The van der Waals surface area contributed by atoms with E-state index in [0.29, 0.717) is 17.8 Å². The molecule has 0 radical (unpaired) electrons. The van der Waals surface area contributed by atoms with Crippen molar-refractivity contribution < 1.29 is 14.7 Å². The number of rotatable bonds is 4. The fourth-order valence-corrected chi connectivity index (χ4v) is 3.48. The van der Waals surface area contributed by atoms with Gasteiger partial charge in [0, 0.05) is 35.8 Å². The lowest BCUT2D eigenvalue weighted by Gasteiger charge is -2.15. The van der Waals surface area contributed by atoms with Crippen LogP contribution in [-0.2, 0) is 18.4 Å². The number of nitrogen functional groups attached to an aromatic ring is 1. The number of carbonyl (C=O) groups is 2. The Morgan fingerprint density at radius 3 is 2.62 bits per heavy atom. The van der Waals surface area contributed by atoms with Crippen molar-refractivity contribution in [1.29, 1.82) is 0 Å². The zero-order chi connectivity index (χ0) is 21.3. The lowest BCUT2D eigenvalue weighted by molar-refractivity contribution is -0.132. The lowest BCUT2D eigenvalue weighted by atomic mass is 9.95. The molecule has 3 N–H and O–H groups in total. The second kappa shape index (κ2) is 7.79. The van der Waals surface area contributed by atoms with E-state index in [-0.39, 0.29) is 18.0 Å². The molecule has 0 atom stereocenters. The number of carbonyl (C=O) groups excluding carboxylic acids is 1. The van der Waals surface area contributed by atoms with Crippen molar-refractivity contribution in [3.63, 3.8) is 0 Å². The van der Waals surface area contributed by atoms with E-state index < -0.39 is 5.97 Å². The Bertz CT molecular complexity index is 1130. The third-order valence-corrected chi connectivity index (χ3v) is 4.88. The number of carboxylic acid groups (broad SMARTS) is 1. The van der Waals surface area contributed by atoms with Crippen LogP contribution in [0.1, 0.15) is 29.8 Å². The van der Waals surface area contributed by atoms with Gasteiger partial charge in [-0.25, -0.2) is 4.79 Å². The normalized spacial score (nSPS) is 12.5.